The lowest BCUT2D eigenvalue weighted by molar-refractivity contribution is -0.132. The summed E-state index contributed by atoms with van der Waals surface area (Å²) in [6, 6.07) is 0. The summed E-state index contributed by atoms with van der Waals surface area (Å²) in [6.07, 6.45) is 4.08. The van der Waals surface area contributed by atoms with Gasteiger partial charge in [-0.3, -0.25) is 0 Å². The van der Waals surface area contributed by atoms with Gasteiger partial charge >= 0.3 is 5.97 Å². The van der Waals surface area contributed by atoms with E-state index in [0.29, 0.717) is 5.57 Å². The van der Waals surface area contributed by atoms with Crippen LogP contribution in [0, 0.1) is 0 Å². The Hall–Kier alpha value is -0.830. The second-order valence-corrected chi connectivity index (χ2v) is 3.31. The molecule has 0 fully saturated rings. The normalized spacial score (nSPS) is 12.2. The minimum absolute atomic E-state index is 0.420. The van der Waals surface area contributed by atoms with Crippen molar-refractivity contribution >= 4 is 5.97 Å². The summed E-state index contributed by atoms with van der Waals surface area (Å²) in [5, 5.41) is 8.58. The molecular weight excluding hydrogens is 166 g/mol. The summed E-state index contributed by atoms with van der Waals surface area (Å²) in [4.78, 5) is 12.6. The van der Waals surface area contributed by atoms with Crippen LogP contribution >= 0.6 is 0 Å². The van der Waals surface area contributed by atoms with Crippen molar-refractivity contribution in [3.05, 3.63) is 11.6 Å². The standard InChI is InChI=1S/C10H19NO2/c1-4-5-7-11(3)8-6-9(2)10(12)13/h6H,4-5,7-8H2,1-3H3,(H,12,13). The van der Waals surface area contributed by atoms with Crippen LogP contribution in [0.3, 0.4) is 0 Å². The molecule has 0 aromatic heterocycles. The molecule has 1 N–H and O–H groups in total. The number of aliphatic carboxylic acids is 1. The van der Waals surface area contributed by atoms with Gasteiger partial charge in [-0.25, -0.2) is 4.79 Å². The highest BCUT2D eigenvalue weighted by Crippen LogP contribution is 1.95. The number of nitrogens with zero attached hydrogens (tertiary/aromatic N) is 1. The highest BCUT2D eigenvalue weighted by molar-refractivity contribution is 5.85. The summed E-state index contributed by atoms with van der Waals surface area (Å²) in [6.45, 7) is 5.51. The summed E-state index contributed by atoms with van der Waals surface area (Å²) in [5.41, 5.74) is 0.420. The van der Waals surface area contributed by atoms with E-state index in [2.05, 4.69) is 11.8 Å². The van der Waals surface area contributed by atoms with Gasteiger partial charge in [-0.15, -0.1) is 0 Å². The Balaban J connectivity index is 3.73. The van der Waals surface area contributed by atoms with Crippen LogP contribution in [0.1, 0.15) is 26.7 Å². The van der Waals surface area contributed by atoms with E-state index in [1.165, 1.54) is 6.42 Å². The highest BCUT2D eigenvalue weighted by Gasteiger charge is 2.00. The Labute approximate surface area is 80.0 Å². The molecule has 0 aliphatic rings. The SMILES string of the molecule is CCCCN(C)CC=C(C)C(=O)O. The first-order valence-corrected chi connectivity index (χ1v) is 4.66. The molecule has 0 aromatic carbocycles. The average Bonchev–Trinajstić information content (AvgIpc) is 2.10. The third-order valence-corrected chi connectivity index (χ3v) is 1.94. The predicted octanol–water partition coefficient (Wildman–Crippen LogP) is 1.75. The molecule has 76 valence electrons. The minimum atomic E-state index is -0.830. The second kappa shape index (κ2) is 6.66. The molecule has 0 aliphatic carbocycles. The number of hydrogen-bond acceptors (Lipinski definition) is 2. The van der Waals surface area contributed by atoms with Gasteiger partial charge < -0.3 is 10.0 Å². The lowest BCUT2D eigenvalue weighted by Gasteiger charge is -2.13. The summed E-state index contributed by atoms with van der Waals surface area (Å²) >= 11 is 0. The van der Waals surface area contributed by atoms with E-state index in [1.807, 2.05) is 7.05 Å². The molecule has 0 unspecified atom stereocenters. The van der Waals surface area contributed by atoms with Crippen molar-refractivity contribution in [2.45, 2.75) is 26.7 Å². The van der Waals surface area contributed by atoms with Crippen LogP contribution in [-0.4, -0.2) is 36.1 Å². The fraction of sp³-hybridized carbons (Fsp3) is 0.700. The number of likely N-dealkylation sites (N-methyl/N-ethyl adjacent to an activating group) is 1. The fourth-order valence-corrected chi connectivity index (χ4v) is 0.899. The van der Waals surface area contributed by atoms with Gasteiger partial charge in [-0.2, -0.15) is 0 Å². The molecule has 0 saturated carbocycles. The maximum Gasteiger partial charge on any atom is 0.330 e. The molecule has 0 atom stereocenters. The van der Waals surface area contributed by atoms with Crippen molar-refractivity contribution < 1.29 is 9.90 Å². The number of hydrogen-bond donors (Lipinski definition) is 1. The third kappa shape index (κ3) is 6.34. The zero-order valence-corrected chi connectivity index (χ0v) is 8.71. The zero-order chi connectivity index (χ0) is 10.3. The Morgan fingerprint density at radius 3 is 2.62 bits per heavy atom. The molecule has 3 heteroatoms. The molecule has 0 rings (SSSR count). The monoisotopic (exact) mass is 185 g/mol. The zero-order valence-electron chi connectivity index (χ0n) is 8.71. The summed E-state index contributed by atoms with van der Waals surface area (Å²) in [5.74, 6) is -0.830. The first-order chi connectivity index (χ1) is 6.07. The maximum atomic E-state index is 10.4. The van der Waals surface area contributed by atoms with Gasteiger partial charge in [0.05, 0.1) is 0 Å². The molecular formula is C10H19NO2. The number of carboxylic acid groups (broad SMARTS) is 1. The van der Waals surface area contributed by atoms with Gasteiger partial charge in [0.15, 0.2) is 0 Å². The first-order valence-electron chi connectivity index (χ1n) is 4.66. The molecule has 0 heterocycles. The van der Waals surface area contributed by atoms with E-state index >= 15 is 0 Å². The van der Waals surface area contributed by atoms with Crippen molar-refractivity contribution in [3.8, 4) is 0 Å². The number of carboxylic acids is 1. The number of rotatable bonds is 6. The highest BCUT2D eigenvalue weighted by atomic mass is 16.4. The van der Waals surface area contributed by atoms with Crippen molar-refractivity contribution in [2.24, 2.45) is 0 Å². The van der Waals surface area contributed by atoms with Gasteiger partial charge in [0.25, 0.3) is 0 Å². The van der Waals surface area contributed by atoms with Crippen LogP contribution < -0.4 is 0 Å². The van der Waals surface area contributed by atoms with Gasteiger partial charge in [0, 0.05) is 12.1 Å². The minimum Gasteiger partial charge on any atom is -0.478 e. The molecule has 0 amide bonds. The first kappa shape index (κ1) is 12.2. The van der Waals surface area contributed by atoms with Gasteiger partial charge in [-0.05, 0) is 26.9 Å². The van der Waals surface area contributed by atoms with E-state index in [-0.39, 0.29) is 0 Å². The van der Waals surface area contributed by atoms with Gasteiger partial charge in [0.1, 0.15) is 0 Å². The predicted molar refractivity (Wildman–Crippen MR) is 53.8 cm³/mol. The summed E-state index contributed by atoms with van der Waals surface area (Å²) < 4.78 is 0. The topological polar surface area (TPSA) is 40.5 Å². The number of unbranched alkanes of at least 4 members (excludes halogenated alkanes) is 1. The molecule has 0 bridgehead atoms. The van der Waals surface area contributed by atoms with E-state index in [1.54, 1.807) is 13.0 Å². The smallest absolute Gasteiger partial charge is 0.330 e. The lowest BCUT2D eigenvalue weighted by atomic mass is 10.2. The Morgan fingerprint density at radius 1 is 1.54 bits per heavy atom. The van der Waals surface area contributed by atoms with E-state index in [4.69, 9.17) is 5.11 Å². The van der Waals surface area contributed by atoms with Crippen LogP contribution in [0.5, 0.6) is 0 Å². The quantitative estimate of drug-likeness (QED) is 0.641. The van der Waals surface area contributed by atoms with Gasteiger partial charge in [0.2, 0.25) is 0 Å². The third-order valence-electron chi connectivity index (χ3n) is 1.94. The van der Waals surface area contributed by atoms with Crippen LogP contribution in [0.15, 0.2) is 11.6 Å². The van der Waals surface area contributed by atoms with Crippen molar-refractivity contribution in [2.75, 3.05) is 20.1 Å². The molecule has 0 radical (unpaired) electrons. The molecule has 13 heavy (non-hydrogen) atoms. The number of carbonyl (C=O) groups is 1. The van der Waals surface area contributed by atoms with E-state index < -0.39 is 5.97 Å². The second-order valence-electron chi connectivity index (χ2n) is 3.31. The van der Waals surface area contributed by atoms with Crippen LogP contribution in [0.4, 0.5) is 0 Å². The van der Waals surface area contributed by atoms with E-state index in [0.717, 1.165) is 19.5 Å². The summed E-state index contributed by atoms with van der Waals surface area (Å²) in [7, 11) is 2.00. The van der Waals surface area contributed by atoms with Crippen molar-refractivity contribution in [3.63, 3.8) is 0 Å². The van der Waals surface area contributed by atoms with Gasteiger partial charge in [-0.1, -0.05) is 19.4 Å². The van der Waals surface area contributed by atoms with Crippen LogP contribution in [-0.2, 0) is 4.79 Å². The molecule has 0 spiro atoms. The molecule has 0 aliphatic heterocycles. The van der Waals surface area contributed by atoms with Crippen molar-refractivity contribution in [1.29, 1.82) is 0 Å². The largest absolute Gasteiger partial charge is 0.478 e. The Kier molecular flexibility index (Phi) is 6.24. The average molecular weight is 185 g/mol. The maximum absolute atomic E-state index is 10.4. The Bertz CT molecular complexity index is 187. The molecule has 0 aromatic rings. The lowest BCUT2D eigenvalue weighted by Crippen LogP contribution is -2.20. The van der Waals surface area contributed by atoms with Crippen LogP contribution in [0.25, 0.3) is 0 Å². The van der Waals surface area contributed by atoms with Crippen molar-refractivity contribution in [1.82, 2.24) is 4.90 Å². The molecule has 3 nitrogen and oxygen atoms in total. The fourth-order valence-electron chi connectivity index (χ4n) is 0.899. The van der Waals surface area contributed by atoms with E-state index in [9.17, 15) is 4.79 Å². The Morgan fingerprint density at radius 2 is 2.15 bits per heavy atom. The van der Waals surface area contributed by atoms with Crippen LogP contribution in [0.2, 0.25) is 0 Å². The molecule has 0 saturated heterocycles.